The van der Waals surface area contributed by atoms with E-state index in [0.29, 0.717) is 17.8 Å². The maximum atomic E-state index is 10.7. The van der Waals surface area contributed by atoms with E-state index >= 15 is 0 Å². The molecule has 1 aromatic carbocycles. The van der Waals surface area contributed by atoms with Gasteiger partial charge in [-0.2, -0.15) is 0 Å². The van der Waals surface area contributed by atoms with Gasteiger partial charge in [-0.25, -0.2) is 0 Å². The molecule has 0 bridgehead atoms. The van der Waals surface area contributed by atoms with E-state index in [2.05, 4.69) is 16.7 Å². The van der Waals surface area contributed by atoms with Gasteiger partial charge in [-0.3, -0.25) is 15.0 Å². The molecule has 0 saturated carbocycles. The molecule has 0 radical (unpaired) electrons. The van der Waals surface area contributed by atoms with Crippen LogP contribution in [0.25, 0.3) is 0 Å². The number of nitrogens with zero attached hydrogens (tertiary/aromatic N) is 2. The van der Waals surface area contributed by atoms with Gasteiger partial charge in [-0.05, 0) is 6.07 Å². The van der Waals surface area contributed by atoms with Gasteiger partial charge in [0.25, 0.3) is 5.69 Å². The second kappa shape index (κ2) is 6.18. The van der Waals surface area contributed by atoms with Crippen LogP contribution in [0.15, 0.2) is 18.2 Å². The highest BCUT2D eigenvalue weighted by atomic mass is 16.6. The Morgan fingerprint density at radius 3 is 2.84 bits per heavy atom. The maximum Gasteiger partial charge on any atom is 0.270 e. The Balaban J connectivity index is 2.05. The summed E-state index contributed by atoms with van der Waals surface area (Å²) in [4.78, 5) is 12.4. The number of rotatable bonds is 2. The molecule has 100 valence electrons. The van der Waals surface area contributed by atoms with Crippen molar-refractivity contribution in [3.8, 4) is 11.8 Å². The standard InChI is InChI=1S/C13H15N3O3/c14-13-4-3-12(16(17)18)10-11(13)2-1-5-15-6-8-19-9-7-15/h3-4,10H,5-9,14H2. The van der Waals surface area contributed by atoms with Crippen LogP contribution >= 0.6 is 0 Å². The average molecular weight is 261 g/mol. The minimum absolute atomic E-state index is 0.00451. The van der Waals surface area contributed by atoms with Crippen molar-refractivity contribution in [2.24, 2.45) is 0 Å². The number of hydrogen-bond donors (Lipinski definition) is 1. The summed E-state index contributed by atoms with van der Waals surface area (Å²) in [6.07, 6.45) is 0. The monoisotopic (exact) mass is 261 g/mol. The SMILES string of the molecule is Nc1ccc([N+](=O)[O-])cc1C#CCN1CCOCC1. The molecule has 1 aliphatic heterocycles. The quantitative estimate of drug-likeness (QED) is 0.369. The van der Waals surface area contributed by atoms with Crippen molar-refractivity contribution in [1.29, 1.82) is 0 Å². The van der Waals surface area contributed by atoms with E-state index in [1.165, 1.54) is 18.2 Å². The molecule has 0 aliphatic carbocycles. The van der Waals surface area contributed by atoms with Crippen molar-refractivity contribution in [2.45, 2.75) is 0 Å². The predicted octanol–water partition coefficient (Wildman–Crippen LogP) is 0.861. The van der Waals surface area contributed by atoms with Crippen LogP contribution in [0.3, 0.4) is 0 Å². The highest BCUT2D eigenvalue weighted by molar-refractivity contribution is 5.60. The molecular formula is C13H15N3O3. The van der Waals surface area contributed by atoms with Crippen molar-refractivity contribution in [1.82, 2.24) is 4.90 Å². The molecule has 1 heterocycles. The number of hydrogen-bond acceptors (Lipinski definition) is 5. The van der Waals surface area contributed by atoms with E-state index < -0.39 is 4.92 Å². The Labute approximate surface area is 111 Å². The summed E-state index contributed by atoms with van der Waals surface area (Å²) in [7, 11) is 0. The van der Waals surface area contributed by atoms with Gasteiger partial charge in [0.15, 0.2) is 0 Å². The molecule has 0 atom stereocenters. The summed E-state index contributed by atoms with van der Waals surface area (Å²) in [5.41, 5.74) is 6.72. The lowest BCUT2D eigenvalue weighted by Gasteiger charge is -2.24. The zero-order valence-electron chi connectivity index (χ0n) is 10.5. The van der Waals surface area contributed by atoms with Crippen molar-refractivity contribution in [2.75, 3.05) is 38.6 Å². The fraction of sp³-hybridized carbons (Fsp3) is 0.385. The number of nitrogen functional groups attached to an aromatic ring is 1. The molecule has 0 spiro atoms. The van der Waals surface area contributed by atoms with E-state index in [0.717, 1.165) is 26.3 Å². The van der Waals surface area contributed by atoms with Crippen LogP contribution in [0.4, 0.5) is 11.4 Å². The molecule has 2 rings (SSSR count). The molecule has 0 amide bonds. The van der Waals surface area contributed by atoms with Gasteiger partial charge in [-0.1, -0.05) is 11.8 Å². The fourth-order valence-electron chi connectivity index (χ4n) is 1.77. The zero-order chi connectivity index (χ0) is 13.7. The second-order valence-electron chi connectivity index (χ2n) is 4.22. The predicted molar refractivity (Wildman–Crippen MR) is 71.6 cm³/mol. The lowest BCUT2D eigenvalue weighted by atomic mass is 10.1. The maximum absolute atomic E-state index is 10.7. The molecule has 2 N–H and O–H groups in total. The summed E-state index contributed by atoms with van der Waals surface area (Å²) in [6.45, 7) is 3.78. The van der Waals surface area contributed by atoms with Gasteiger partial charge in [-0.15, -0.1) is 0 Å². The Bertz CT molecular complexity index is 528. The molecule has 1 saturated heterocycles. The highest BCUT2D eigenvalue weighted by Gasteiger charge is 2.09. The van der Waals surface area contributed by atoms with E-state index in [9.17, 15) is 10.1 Å². The van der Waals surface area contributed by atoms with E-state index in [1.807, 2.05) is 0 Å². The Morgan fingerprint density at radius 2 is 2.16 bits per heavy atom. The van der Waals surface area contributed by atoms with Gasteiger partial charge < -0.3 is 10.5 Å². The molecule has 6 heteroatoms. The second-order valence-corrected chi connectivity index (χ2v) is 4.22. The Kier molecular flexibility index (Phi) is 4.34. The lowest BCUT2D eigenvalue weighted by molar-refractivity contribution is -0.384. The van der Waals surface area contributed by atoms with Crippen molar-refractivity contribution >= 4 is 11.4 Å². The fourth-order valence-corrected chi connectivity index (χ4v) is 1.77. The normalized spacial score (nSPS) is 15.6. The van der Waals surface area contributed by atoms with Gasteiger partial charge in [0.1, 0.15) is 0 Å². The molecule has 0 unspecified atom stereocenters. The smallest absolute Gasteiger partial charge is 0.270 e. The van der Waals surface area contributed by atoms with Gasteiger partial charge >= 0.3 is 0 Å². The van der Waals surface area contributed by atoms with Crippen LogP contribution in [-0.2, 0) is 4.74 Å². The topological polar surface area (TPSA) is 81.6 Å². The van der Waals surface area contributed by atoms with Crippen molar-refractivity contribution in [3.63, 3.8) is 0 Å². The Hall–Kier alpha value is -2.10. The first-order chi connectivity index (χ1) is 9.16. The molecule has 19 heavy (non-hydrogen) atoms. The van der Waals surface area contributed by atoms with E-state index in [-0.39, 0.29) is 5.69 Å². The number of morpholine rings is 1. The third-order valence-corrected chi connectivity index (χ3v) is 2.88. The molecule has 1 aliphatic rings. The third-order valence-electron chi connectivity index (χ3n) is 2.88. The molecule has 0 aromatic heterocycles. The van der Waals surface area contributed by atoms with Gasteiger partial charge in [0.2, 0.25) is 0 Å². The first-order valence-electron chi connectivity index (χ1n) is 6.00. The lowest BCUT2D eigenvalue weighted by Crippen LogP contribution is -2.36. The summed E-state index contributed by atoms with van der Waals surface area (Å²) >= 11 is 0. The summed E-state index contributed by atoms with van der Waals surface area (Å²) in [5, 5.41) is 10.7. The highest BCUT2D eigenvalue weighted by Crippen LogP contribution is 2.18. The number of benzene rings is 1. The first kappa shape index (κ1) is 13.3. The first-order valence-corrected chi connectivity index (χ1v) is 6.00. The molecule has 1 aromatic rings. The number of anilines is 1. The van der Waals surface area contributed by atoms with Gasteiger partial charge in [0, 0.05) is 30.9 Å². The number of nitrogens with two attached hydrogens (primary N) is 1. The number of non-ortho nitro benzene ring substituents is 1. The minimum atomic E-state index is -0.452. The minimum Gasteiger partial charge on any atom is -0.398 e. The van der Waals surface area contributed by atoms with Crippen LogP contribution in [0.5, 0.6) is 0 Å². The number of nitro benzene ring substituents is 1. The molecular weight excluding hydrogens is 246 g/mol. The summed E-state index contributed by atoms with van der Waals surface area (Å²) < 4.78 is 5.24. The van der Waals surface area contributed by atoms with Crippen LogP contribution in [0, 0.1) is 22.0 Å². The number of nitro groups is 1. The van der Waals surface area contributed by atoms with E-state index in [1.54, 1.807) is 0 Å². The molecule has 1 fully saturated rings. The van der Waals surface area contributed by atoms with Crippen LogP contribution < -0.4 is 5.73 Å². The van der Waals surface area contributed by atoms with Crippen LogP contribution in [0.2, 0.25) is 0 Å². The average Bonchev–Trinajstić information content (AvgIpc) is 2.42. The van der Waals surface area contributed by atoms with E-state index in [4.69, 9.17) is 10.5 Å². The summed E-state index contributed by atoms with van der Waals surface area (Å²) in [5.74, 6) is 5.89. The summed E-state index contributed by atoms with van der Waals surface area (Å²) in [6, 6.07) is 4.29. The largest absolute Gasteiger partial charge is 0.398 e. The Morgan fingerprint density at radius 1 is 1.42 bits per heavy atom. The van der Waals surface area contributed by atoms with Crippen LogP contribution in [0.1, 0.15) is 5.56 Å². The molecule has 6 nitrogen and oxygen atoms in total. The van der Waals surface area contributed by atoms with Gasteiger partial charge in [0.05, 0.1) is 30.2 Å². The van der Waals surface area contributed by atoms with Crippen molar-refractivity contribution in [3.05, 3.63) is 33.9 Å². The third kappa shape index (κ3) is 3.68. The zero-order valence-corrected chi connectivity index (χ0v) is 10.5. The van der Waals surface area contributed by atoms with Crippen molar-refractivity contribution < 1.29 is 9.66 Å². The van der Waals surface area contributed by atoms with Crippen LogP contribution in [-0.4, -0.2) is 42.7 Å². The number of ether oxygens (including phenoxy) is 1.